The largest absolute Gasteiger partial charge is 0.333 e. The van der Waals surface area contributed by atoms with Crippen LogP contribution in [0.5, 0.6) is 0 Å². The van der Waals surface area contributed by atoms with Crippen molar-refractivity contribution in [3.63, 3.8) is 0 Å². The van der Waals surface area contributed by atoms with Crippen molar-refractivity contribution in [3.8, 4) is 0 Å². The van der Waals surface area contributed by atoms with Gasteiger partial charge < -0.3 is 10.2 Å². The molecule has 86 valence electrons. The molecule has 1 heterocycles. The van der Waals surface area contributed by atoms with Gasteiger partial charge in [0.05, 0.1) is 6.04 Å². The third-order valence-corrected chi connectivity index (χ3v) is 3.37. The first-order valence-corrected chi connectivity index (χ1v) is 6.29. The summed E-state index contributed by atoms with van der Waals surface area (Å²) in [6, 6.07) is 7.91. The van der Waals surface area contributed by atoms with Gasteiger partial charge in [-0.15, -0.1) is 0 Å². The first-order chi connectivity index (χ1) is 7.72. The number of nitrogens with zero attached hydrogens (tertiary/aromatic N) is 1. The maximum atomic E-state index is 12.2. The number of carbonyl (C=O) groups excluding carboxylic acids is 1. The summed E-state index contributed by atoms with van der Waals surface area (Å²) in [5.74, 6) is 0.121. The molecule has 1 aromatic carbocycles. The Hall–Kier alpha value is -0.870. The Morgan fingerprint density at radius 2 is 2.31 bits per heavy atom. The number of amides is 1. The molecule has 0 radical (unpaired) electrons. The number of nitrogens with one attached hydrogen (secondary N) is 1. The maximum absolute atomic E-state index is 12.2. The van der Waals surface area contributed by atoms with E-state index in [-0.39, 0.29) is 5.91 Å². The predicted molar refractivity (Wildman–Crippen MR) is 67.5 cm³/mol. The van der Waals surface area contributed by atoms with Gasteiger partial charge in [-0.3, -0.25) is 4.79 Å². The lowest BCUT2D eigenvalue weighted by Crippen LogP contribution is -2.58. The summed E-state index contributed by atoms with van der Waals surface area (Å²) < 4.78 is 0.945. The van der Waals surface area contributed by atoms with E-state index in [9.17, 15) is 4.79 Å². The van der Waals surface area contributed by atoms with E-state index < -0.39 is 0 Å². The molecule has 0 bridgehead atoms. The molecule has 0 unspecified atom stereocenters. The van der Waals surface area contributed by atoms with E-state index in [1.165, 1.54) is 0 Å². The number of carbonyl (C=O) groups is 1. The van der Waals surface area contributed by atoms with Gasteiger partial charge in [-0.2, -0.15) is 0 Å². The second-order valence-electron chi connectivity index (χ2n) is 3.91. The van der Waals surface area contributed by atoms with Crippen molar-refractivity contribution >= 4 is 21.8 Å². The average molecular weight is 283 g/mol. The van der Waals surface area contributed by atoms with E-state index in [1.54, 1.807) is 0 Å². The van der Waals surface area contributed by atoms with Crippen molar-refractivity contribution in [1.29, 1.82) is 0 Å². The van der Waals surface area contributed by atoms with E-state index in [4.69, 9.17) is 0 Å². The van der Waals surface area contributed by atoms with Gasteiger partial charge in [0.1, 0.15) is 0 Å². The van der Waals surface area contributed by atoms with Gasteiger partial charge in [0, 0.05) is 29.7 Å². The lowest BCUT2D eigenvalue weighted by Gasteiger charge is -2.37. The quantitative estimate of drug-likeness (QED) is 0.918. The lowest BCUT2D eigenvalue weighted by atomic mass is 10.1. The highest BCUT2D eigenvalue weighted by Gasteiger charge is 2.27. The maximum Gasteiger partial charge on any atom is 0.254 e. The summed E-state index contributed by atoms with van der Waals surface area (Å²) in [5.41, 5.74) is 0.753. The van der Waals surface area contributed by atoms with Crippen LogP contribution in [0.2, 0.25) is 0 Å². The Bertz CT molecular complexity index is 390. The van der Waals surface area contributed by atoms with Crippen molar-refractivity contribution in [2.75, 3.05) is 19.6 Å². The molecule has 1 aliphatic heterocycles. The van der Waals surface area contributed by atoms with Crippen LogP contribution in [0.15, 0.2) is 28.7 Å². The van der Waals surface area contributed by atoms with Crippen LogP contribution in [0.25, 0.3) is 0 Å². The number of halogens is 1. The van der Waals surface area contributed by atoms with Gasteiger partial charge in [-0.05, 0) is 25.1 Å². The number of benzene rings is 1. The Morgan fingerprint density at radius 3 is 2.81 bits per heavy atom. The van der Waals surface area contributed by atoms with Crippen LogP contribution in [-0.4, -0.2) is 36.5 Å². The summed E-state index contributed by atoms with van der Waals surface area (Å²) in [7, 11) is 0. The molecular formula is C12H15BrN2O. The Labute approximate surface area is 104 Å². The highest BCUT2D eigenvalue weighted by Crippen LogP contribution is 2.15. The zero-order valence-electron chi connectivity index (χ0n) is 9.24. The van der Waals surface area contributed by atoms with E-state index in [0.29, 0.717) is 6.04 Å². The Morgan fingerprint density at radius 1 is 1.56 bits per heavy atom. The molecule has 3 nitrogen and oxygen atoms in total. The van der Waals surface area contributed by atoms with Crippen LogP contribution in [-0.2, 0) is 0 Å². The minimum Gasteiger partial charge on any atom is -0.333 e. The highest BCUT2D eigenvalue weighted by atomic mass is 79.9. The van der Waals surface area contributed by atoms with Crippen LogP contribution >= 0.6 is 15.9 Å². The first kappa shape index (κ1) is 11.6. The SMILES string of the molecule is CCN(C(=O)c1cccc(Br)c1)C1CNC1. The second kappa shape index (κ2) is 4.97. The molecule has 1 aromatic rings. The van der Waals surface area contributed by atoms with Crippen LogP contribution < -0.4 is 5.32 Å². The zero-order chi connectivity index (χ0) is 11.5. The zero-order valence-corrected chi connectivity index (χ0v) is 10.8. The molecule has 0 spiro atoms. The monoisotopic (exact) mass is 282 g/mol. The summed E-state index contributed by atoms with van der Waals surface area (Å²) in [6.07, 6.45) is 0. The fourth-order valence-corrected chi connectivity index (χ4v) is 2.25. The van der Waals surface area contributed by atoms with Crippen LogP contribution in [0, 0.1) is 0 Å². The molecule has 1 amide bonds. The second-order valence-corrected chi connectivity index (χ2v) is 4.83. The summed E-state index contributed by atoms with van der Waals surface area (Å²) in [6.45, 7) is 4.60. The Kier molecular flexibility index (Phi) is 3.61. The van der Waals surface area contributed by atoms with Gasteiger partial charge in [-0.25, -0.2) is 0 Å². The fraction of sp³-hybridized carbons (Fsp3) is 0.417. The lowest BCUT2D eigenvalue weighted by molar-refractivity contribution is 0.0630. The molecule has 0 aliphatic carbocycles. The molecule has 16 heavy (non-hydrogen) atoms. The van der Waals surface area contributed by atoms with Gasteiger partial charge in [0.15, 0.2) is 0 Å². The number of hydrogen-bond donors (Lipinski definition) is 1. The highest BCUT2D eigenvalue weighted by molar-refractivity contribution is 9.10. The molecule has 1 fully saturated rings. The number of rotatable bonds is 3. The number of likely N-dealkylation sites (N-methyl/N-ethyl adjacent to an activating group) is 1. The van der Waals surface area contributed by atoms with Gasteiger partial charge in [0.25, 0.3) is 5.91 Å². The van der Waals surface area contributed by atoms with Crippen molar-refractivity contribution in [2.24, 2.45) is 0 Å². The minimum atomic E-state index is 0.121. The van der Waals surface area contributed by atoms with Crippen molar-refractivity contribution in [1.82, 2.24) is 10.2 Å². The fourth-order valence-electron chi connectivity index (χ4n) is 1.85. The van der Waals surface area contributed by atoms with Crippen molar-refractivity contribution in [3.05, 3.63) is 34.3 Å². The van der Waals surface area contributed by atoms with Gasteiger partial charge in [0.2, 0.25) is 0 Å². The summed E-state index contributed by atoms with van der Waals surface area (Å²) in [5, 5.41) is 3.19. The van der Waals surface area contributed by atoms with Gasteiger partial charge >= 0.3 is 0 Å². The molecule has 4 heteroatoms. The third-order valence-electron chi connectivity index (χ3n) is 2.87. The van der Waals surface area contributed by atoms with Crippen LogP contribution in [0.1, 0.15) is 17.3 Å². The molecule has 1 aliphatic rings. The topological polar surface area (TPSA) is 32.3 Å². The molecule has 0 aromatic heterocycles. The summed E-state index contributed by atoms with van der Waals surface area (Å²) in [4.78, 5) is 14.2. The molecule has 2 rings (SSSR count). The molecule has 0 atom stereocenters. The van der Waals surface area contributed by atoms with Crippen molar-refractivity contribution in [2.45, 2.75) is 13.0 Å². The number of hydrogen-bond acceptors (Lipinski definition) is 2. The third kappa shape index (κ3) is 2.28. The smallest absolute Gasteiger partial charge is 0.254 e. The molecule has 0 saturated carbocycles. The normalized spacial score (nSPS) is 15.6. The summed E-state index contributed by atoms with van der Waals surface area (Å²) >= 11 is 3.39. The van der Waals surface area contributed by atoms with Gasteiger partial charge in [-0.1, -0.05) is 22.0 Å². The minimum absolute atomic E-state index is 0.121. The van der Waals surface area contributed by atoms with Crippen LogP contribution in [0.4, 0.5) is 0 Å². The van der Waals surface area contributed by atoms with Crippen LogP contribution in [0.3, 0.4) is 0 Å². The average Bonchev–Trinajstić information content (AvgIpc) is 2.22. The first-order valence-electron chi connectivity index (χ1n) is 5.49. The predicted octanol–water partition coefficient (Wildman–Crippen LogP) is 1.88. The molecule has 1 saturated heterocycles. The Balaban J connectivity index is 2.16. The van der Waals surface area contributed by atoms with E-state index in [2.05, 4.69) is 21.2 Å². The molecule has 1 N–H and O–H groups in total. The molecular weight excluding hydrogens is 268 g/mol. The van der Waals surface area contributed by atoms with E-state index in [0.717, 1.165) is 29.7 Å². The van der Waals surface area contributed by atoms with E-state index in [1.807, 2.05) is 36.1 Å². The standard InChI is InChI=1S/C12H15BrN2O/c1-2-15(11-7-14-8-11)12(16)9-4-3-5-10(13)6-9/h3-6,11,14H,2,7-8H2,1H3. The van der Waals surface area contributed by atoms with E-state index >= 15 is 0 Å². The van der Waals surface area contributed by atoms with Crippen molar-refractivity contribution < 1.29 is 4.79 Å².